The summed E-state index contributed by atoms with van der Waals surface area (Å²) in [6.07, 6.45) is 1.34. The number of para-hydroxylation sites is 1. The number of carbonyl (C=O) groups is 1. The number of anilines is 3. The summed E-state index contributed by atoms with van der Waals surface area (Å²) in [6.45, 7) is 6.29. The summed E-state index contributed by atoms with van der Waals surface area (Å²) in [4.78, 5) is 13.2. The number of carbonyl (C=O) groups excluding carboxylic acids is 1. The molecule has 2 aliphatic rings. The Kier molecular flexibility index (Phi) is 4.19. The standard InChI is InChI=1S/C22H24ClN3O/c1-12-9-13(23)7-8-14(12)20-19-17(10-22(2,3)11-18(19)27)25-16-6-4-5-15(24)21(16)26-20/h4-9,20,25-26H,10-11,24H2,1-3H3. The average molecular weight is 382 g/mol. The van der Waals surface area contributed by atoms with Crippen LogP contribution in [0, 0.1) is 12.3 Å². The number of halogens is 1. The number of aryl methyl sites for hydroxylation is 1. The summed E-state index contributed by atoms with van der Waals surface area (Å²) in [6, 6.07) is 11.3. The molecule has 0 aromatic heterocycles. The van der Waals surface area contributed by atoms with Crippen LogP contribution in [-0.2, 0) is 4.79 Å². The van der Waals surface area contributed by atoms with Crippen LogP contribution >= 0.6 is 11.6 Å². The molecule has 1 aliphatic heterocycles. The van der Waals surface area contributed by atoms with E-state index in [1.165, 1.54) is 0 Å². The number of Topliss-reactive ketones (excluding diaryl/α,β-unsaturated/α-hetero) is 1. The highest BCUT2D eigenvalue weighted by Crippen LogP contribution is 2.47. The normalized spacial score (nSPS) is 20.9. The number of hydrogen-bond acceptors (Lipinski definition) is 4. The number of allylic oxidation sites excluding steroid dienone is 1. The third kappa shape index (κ3) is 3.19. The molecule has 0 saturated heterocycles. The number of nitrogens with two attached hydrogens (primary N) is 1. The molecule has 0 bridgehead atoms. The summed E-state index contributed by atoms with van der Waals surface area (Å²) in [5.74, 6) is 0.173. The van der Waals surface area contributed by atoms with Gasteiger partial charge in [-0.25, -0.2) is 0 Å². The zero-order valence-electron chi connectivity index (χ0n) is 15.8. The molecule has 1 atom stereocenters. The largest absolute Gasteiger partial charge is 0.397 e. The van der Waals surface area contributed by atoms with Crippen molar-refractivity contribution in [2.45, 2.75) is 39.7 Å². The summed E-state index contributed by atoms with van der Waals surface area (Å²) in [5.41, 5.74) is 12.4. The molecule has 0 spiro atoms. The fourth-order valence-corrected chi connectivity index (χ4v) is 4.42. The Morgan fingerprint density at radius 1 is 1.19 bits per heavy atom. The van der Waals surface area contributed by atoms with Crippen LogP contribution in [0.25, 0.3) is 0 Å². The third-order valence-corrected chi connectivity index (χ3v) is 5.66. The van der Waals surface area contributed by atoms with Gasteiger partial charge in [0.1, 0.15) is 0 Å². The SMILES string of the molecule is Cc1cc(Cl)ccc1C1Nc2c(N)cccc2NC2=C1C(=O)CC(C)(C)C2. The highest BCUT2D eigenvalue weighted by molar-refractivity contribution is 6.30. The minimum Gasteiger partial charge on any atom is -0.397 e. The Morgan fingerprint density at radius 2 is 1.96 bits per heavy atom. The first-order chi connectivity index (χ1) is 12.7. The number of benzene rings is 2. The van der Waals surface area contributed by atoms with Crippen LogP contribution in [0.4, 0.5) is 17.1 Å². The maximum absolute atomic E-state index is 13.2. The predicted octanol–water partition coefficient (Wildman–Crippen LogP) is 5.45. The van der Waals surface area contributed by atoms with E-state index in [0.29, 0.717) is 17.1 Å². The molecule has 1 heterocycles. The molecule has 27 heavy (non-hydrogen) atoms. The van der Waals surface area contributed by atoms with E-state index < -0.39 is 0 Å². The lowest BCUT2D eigenvalue weighted by Crippen LogP contribution is -2.31. The van der Waals surface area contributed by atoms with Gasteiger partial charge in [-0.1, -0.05) is 37.6 Å². The van der Waals surface area contributed by atoms with Crippen molar-refractivity contribution in [1.29, 1.82) is 0 Å². The van der Waals surface area contributed by atoms with Crippen LogP contribution in [0.5, 0.6) is 0 Å². The lowest BCUT2D eigenvalue weighted by molar-refractivity contribution is -0.118. The van der Waals surface area contributed by atoms with Crippen molar-refractivity contribution >= 4 is 34.4 Å². The Hall–Kier alpha value is -2.46. The van der Waals surface area contributed by atoms with Gasteiger partial charge in [-0.15, -0.1) is 0 Å². The van der Waals surface area contributed by atoms with E-state index in [9.17, 15) is 4.79 Å². The van der Waals surface area contributed by atoms with E-state index in [-0.39, 0.29) is 17.2 Å². The first-order valence-corrected chi connectivity index (χ1v) is 9.57. The van der Waals surface area contributed by atoms with Crippen molar-refractivity contribution in [1.82, 2.24) is 0 Å². The molecule has 4 N–H and O–H groups in total. The van der Waals surface area contributed by atoms with Crippen molar-refractivity contribution < 1.29 is 4.79 Å². The Labute approximate surface area is 164 Å². The molecule has 1 unspecified atom stereocenters. The van der Waals surface area contributed by atoms with Crippen LogP contribution in [0.2, 0.25) is 5.02 Å². The number of nitrogens with one attached hydrogen (secondary N) is 2. The minimum atomic E-state index is -0.265. The maximum Gasteiger partial charge on any atom is 0.163 e. The second-order valence-corrected chi connectivity index (χ2v) is 8.74. The number of rotatable bonds is 1. The van der Waals surface area contributed by atoms with Gasteiger partial charge in [0.05, 0.1) is 23.1 Å². The number of nitrogen functional groups attached to an aromatic ring is 1. The van der Waals surface area contributed by atoms with Gasteiger partial charge >= 0.3 is 0 Å². The molecule has 5 heteroatoms. The van der Waals surface area contributed by atoms with E-state index in [4.69, 9.17) is 17.3 Å². The smallest absolute Gasteiger partial charge is 0.163 e. The molecule has 0 amide bonds. The van der Waals surface area contributed by atoms with Gasteiger partial charge in [0.25, 0.3) is 0 Å². The maximum atomic E-state index is 13.2. The molecule has 0 radical (unpaired) electrons. The van der Waals surface area contributed by atoms with Crippen molar-refractivity contribution in [3.8, 4) is 0 Å². The van der Waals surface area contributed by atoms with Gasteiger partial charge in [-0.05, 0) is 54.2 Å². The molecule has 140 valence electrons. The lowest BCUT2D eigenvalue weighted by Gasteiger charge is -2.34. The number of ketones is 1. The summed E-state index contributed by atoms with van der Waals surface area (Å²) >= 11 is 6.17. The second kappa shape index (κ2) is 6.31. The summed E-state index contributed by atoms with van der Waals surface area (Å²) in [5, 5.41) is 7.75. The van der Waals surface area contributed by atoms with Gasteiger partial charge in [0.15, 0.2) is 5.78 Å². The lowest BCUT2D eigenvalue weighted by atomic mass is 9.73. The molecular formula is C22H24ClN3O. The highest BCUT2D eigenvalue weighted by Gasteiger charge is 2.39. The van der Waals surface area contributed by atoms with Crippen molar-refractivity contribution in [3.05, 3.63) is 63.8 Å². The van der Waals surface area contributed by atoms with Crippen LogP contribution in [-0.4, -0.2) is 5.78 Å². The van der Waals surface area contributed by atoms with Crippen LogP contribution in [0.1, 0.15) is 43.9 Å². The van der Waals surface area contributed by atoms with Crippen molar-refractivity contribution in [2.24, 2.45) is 5.41 Å². The summed E-state index contributed by atoms with van der Waals surface area (Å²) < 4.78 is 0. The Balaban J connectivity index is 1.94. The van der Waals surface area contributed by atoms with Gasteiger partial charge in [0.2, 0.25) is 0 Å². The van der Waals surface area contributed by atoms with E-state index in [0.717, 1.165) is 40.2 Å². The third-order valence-electron chi connectivity index (χ3n) is 5.42. The molecular weight excluding hydrogens is 358 g/mol. The van der Waals surface area contributed by atoms with E-state index in [2.05, 4.69) is 24.5 Å². The first-order valence-electron chi connectivity index (χ1n) is 9.19. The fourth-order valence-electron chi connectivity index (χ4n) is 4.19. The van der Waals surface area contributed by atoms with Crippen LogP contribution in [0.3, 0.4) is 0 Å². The highest BCUT2D eigenvalue weighted by atomic mass is 35.5. The molecule has 2 aromatic rings. The number of fused-ring (bicyclic) bond motifs is 1. The second-order valence-electron chi connectivity index (χ2n) is 8.31. The van der Waals surface area contributed by atoms with Crippen LogP contribution in [0.15, 0.2) is 47.7 Å². The average Bonchev–Trinajstić information content (AvgIpc) is 2.71. The Bertz CT molecular complexity index is 978. The van der Waals surface area contributed by atoms with Crippen LogP contribution < -0.4 is 16.4 Å². The van der Waals surface area contributed by atoms with Gasteiger partial charge < -0.3 is 16.4 Å². The topological polar surface area (TPSA) is 67.2 Å². The molecule has 0 saturated carbocycles. The minimum absolute atomic E-state index is 0.0761. The van der Waals surface area contributed by atoms with Gasteiger partial charge in [-0.3, -0.25) is 4.79 Å². The molecule has 0 fully saturated rings. The van der Waals surface area contributed by atoms with E-state index in [1.54, 1.807) is 0 Å². The molecule has 1 aliphatic carbocycles. The first kappa shape index (κ1) is 17.9. The fraction of sp³-hybridized carbons (Fsp3) is 0.318. The zero-order chi connectivity index (χ0) is 19.3. The molecule has 2 aromatic carbocycles. The van der Waals surface area contributed by atoms with E-state index >= 15 is 0 Å². The predicted molar refractivity (Wildman–Crippen MR) is 112 cm³/mol. The van der Waals surface area contributed by atoms with Gasteiger partial charge in [-0.2, -0.15) is 0 Å². The van der Waals surface area contributed by atoms with Crippen molar-refractivity contribution in [3.63, 3.8) is 0 Å². The Morgan fingerprint density at radius 3 is 2.70 bits per heavy atom. The number of hydrogen-bond donors (Lipinski definition) is 3. The van der Waals surface area contributed by atoms with Crippen molar-refractivity contribution in [2.75, 3.05) is 16.4 Å². The molecule has 4 nitrogen and oxygen atoms in total. The molecule has 4 rings (SSSR count). The monoisotopic (exact) mass is 381 g/mol. The zero-order valence-corrected chi connectivity index (χ0v) is 16.6. The van der Waals surface area contributed by atoms with E-state index in [1.807, 2.05) is 43.3 Å². The van der Waals surface area contributed by atoms with Gasteiger partial charge in [0, 0.05) is 22.7 Å². The quantitative estimate of drug-likeness (QED) is 0.574. The summed E-state index contributed by atoms with van der Waals surface area (Å²) in [7, 11) is 0.